The normalized spacial score (nSPS) is 24.2. The van der Waals surface area contributed by atoms with Crippen LogP contribution in [0.5, 0.6) is 0 Å². The van der Waals surface area contributed by atoms with Gasteiger partial charge in [-0.15, -0.1) is 0 Å². The summed E-state index contributed by atoms with van der Waals surface area (Å²) in [5, 5.41) is 9.43. The van der Waals surface area contributed by atoms with E-state index in [1.807, 2.05) is 13.8 Å². The fraction of sp³-hybridized carbons (Fsp3) is 0.571. The third-order valence-corrected chi connectivity index (χ3v) is 6.08. The van der Waals surface area contributed by atoms with Crippen LogP contribution < -0.4 is 5.73 Å². The topological polar surface area (TPSA) is 83.6 Å². The predicted molar refractivity (Wildman–Crippen MR) is 77.6 cm³/mol. The molecule has 20 heavy (non-hydrogen) atoms. The zero-order valence-electron chi connectivity index (χ0n) is 11.9. The van der Waals surface area contributed by atoms with Gasteiger partial charge < -0.3 is 10.8 Å². The van der Waals surface area contributed by atoms with E-state index in [1.165, 1.54) is 4.31 Å². The van der Waals surface area contributed by atoms with Crippen molar-refractivity contribution in [2.75, 3.05) is 13.2 Å². The molecule has 5 nitrogen and oxygen atoms in total. The molecule has 1 saturated heterocycles. The van der Waals surface area contributed by atoms with Crippen molar-refractivity contribution in [3.63, 3.8) is 0 Å². The minimum Gasteiger partial charge on any atom is -0.395 e. The molecule has 0 amide bonds. The lowest BCUT2D eigenvalue weighted by atomic mass is 10.0. The van der Waals surface area contributed by atoms with Crippen molar-refractivity contribution in [2.24, 2.45) is 11.7 Å². The molecular formula is C14H22N2O3S. The summed E-state index contributed by atoms with van der Waals surface area (Å²) in [6.07, 6.45) is 0.782. The fourth-order valence-electron chi connectivity index (χ4n) is 2.74. The molecule has 3 N–H and O–H groups in total. The lowest BCUT2D eigenvalue weighted by molar-refractivity contribution is 0.191. The third-order valence-electron chi connectivity index (χ3n) is 4.16. The molecule has 0 aromatic heterocycles. The number of nitrogens with zero attached hydrogens (tertiary/aromatic N) is 1. The highest BCUT2D eigenvalue weighted by Gasteiger charge is 2.39. The van der Waals surface area contributed by atoms with E-state index in [9.17, 15) is 13.5 Å². The van der Waals surface area contributed by atoms with Gasteiger partial charge in [-0.1, -0.05) is 13.0 Å². The van der Waals surface area contributed by atoms with Crippen LogP contribution in [-0.2, 0) is 16.6 Å². The summed E-state index contributed by atoms with van der Waals surface area (Å²) in [6.45, 7) is 4.55. The van der Waals surface area contributed by atoms with Crippen molar-refractivity contribution in [2.45, 2.75) is 37.8 Å². The maximum atomic E-state index is 12.7. The van der Waals surface area contributed by atoms with Gasteiger partial charge in [-0.25, -0.2) is 8.42 Å². The van der Waals surface area contributed by atoms with Gasteiger partial charge in [0.1, 0.15) is 0 Å². The lowest BCUT2D eigenvalue weighted by Crippen LogP contribution is -2.39. The average molecular weight is 298 g/mol. The number of hydrogen-bond acceptors (Lipinski definition) is 4. The standard InChI is InChI=1S/C14H22N2O3S/c1-10-5-6-16(14(10)9-17)20(18,19)13-4-3-12(8-15)11(2)7-13/h3-4,7,10,14,17H,5-6,8-9,15H2,1-2H3. The summed E-state index contributed by atoms with van der Waals surface area (Å²) >= 11 is 0. The molecule has 2 atom stereocenters. The SMILES string of the molecule is Cc1cc(S(=O)(=O)N2CCC(C)C2CO)ccc1CN. The Morgan fingerprint density at radius 1 is 1.45 bits per heavy atom. The van der Waals surface area contributed by atoms with E-state index in [0.29, 0.717) is 13.1 Å². The quantitative estimate of drug-likeness (QED) is 0.863. The first-order chi connectivity index (χ1) is 9.41. The first-order valence-corrected chi connectivity index (χ1v) is 8.28. The van der Waals surface area contributed by atoms with Gasteiger partial charge in [0.05, 0.1) is 17.5 Å². The van der Waals surface area contributed by atoms with Crippen molar-refractivity contribution < 1.29 is 13.5 Å². The second-order valence-electron chi connectivity index (χ2n) is 5.42. The Hall–Kier alpha value is -0.950. The van der Waals surface area contributed by atoms with Gasteiger partial charge in [0.25, 0.3) is 0 Å². The summed E-state index contributed by atoms with van der Waals surface area (Å²) in [5.41, 5.74) is 7.42. The smallest absolute Gasteiger partial charge is 0.243 e. The third kappa shape index (κ3) is 2.61. The van der Waals surface area contributed by atoms with Crippen LogP contribution in [0, 0.1) is 12.8 Å². The van der Waals surface area contributed by atoms with Crippen molar-refractivity contribution in [1.82, 2.24) is 4.31 Å². The van der Waals surface area contributed by atoms with E-state index in [1.54, 1.807) is 18.2 Å². The van der Waals surface area contributed by atoms with Gasteiger partial charge in [0.15, 0.2) is 0 Å². The Labute approximate surface area is 120 Å². The number of rotatable bonds is 4. The molecule has 1 heterocycles. The summed E-state index contributed by atoms with van der Waals surface area (Å²) in [5.74, 6) is 0.180. The highest BCUT2D eigenvalue weighted by atomic mass is 32.2. The largest absolute Gasteiger partial charge is 0.395 e. The molecule has 6 heteroatoms. The minimum atomic E-state index is -3.55. The molecule has 112 valence electrons. The maximum absolute atomic E-state index is 12.7. The molecule has 0 bridgehead atoms. The molecule has 0 radical (unpaired) electrons. The highest BCUT2D eigenvalue weighted by Crippen LogP contribution is 2.30. The number of hydrogen-bond donors (Lipinski definition) is 2. The molecular weight excluding hydrogens is 276 g/mol. The molecule has 0 aliphatic carbocycles. The zero-order valence-corrected chi connectivity index (χ0v) is 12.7. The van der Waals surface area contributed by atoms with Gasteiger partial charge in [0.2, 0.25) is 10.0 Å². The second kappa shape index (κ2) is 5.81. The molecule has 2 unspecified atom stereocenters. The molecule has 1 aromatic rings. The molecule has 1 fully saturated rings. The van der Waals surface area contributed by atoms with Crippen LogP contribution in [0.25, 0.3) is 0 Å². The van der Waals surface area contributed by atoms with Crippen LogP contribution in [0.1, 0.15) is 24.5 Å². The molecule has 1 aliphatic heterocycles. The number of nitrogens with two attached hydrogens (primary N) is 1. The van der Waals surface area contributed by atoms with Crippen LogP contribution in [0.2, 0.25) is 0 Å². The average Bonchev–Trinajstić information content (AvgIpc) is 2.80. The van der Waals surface area contributed by atoms with Crippen molar-refractivity contribution in [3.8, 4) is 0 Å². The van der Waals surface area contributed by atoms with Crippen LogP contribution in [-0.4, -0.2) is 37.0 Å². The molecule has 0 saturated carbocycles. The maximum Gasteiger partial charge on any atom is 0.243 e. The lowest BCUT2D eigenvalue weighted by Gasteiger charge is -2.24. The van der Waals surface area contributed by atoms with E-state index in [0.717, 1.165) is 17.5 Å². The molecule has 1 aliphatic rings. The number of sulfonamides is 1. The van der Waals surface area contributed by atoms with E-state index in [-0.39, 0.29) is 23.5 Å². The summed E-state index contributed by atoms with van der Waals surface area (Å²) < 4.78 is 26.8. The monoisotopic (exact) mass is 298 g/mol. The highest BCUT2D eigenvalue weighted by molar-refractivity contribution is 7.89. The minimum absolute atomic E-state index is 0.139. The van der Waals surface area contributed by atoms with Crippen molar-refractivity contribution in [1.29, 1.82) is 0 Å². The van der Waals surface area contributed by atoms with Gasteiger partial charge in [0, 0.05) is 13.1 Å². The van der Waals surface area contributed by atoms with Crippen molar-refractivity contribution >= 4 is 10.0 Å². The molecule has 2 rings (SSSR count). The summed E-state index contributed by atoms with van der Waals surface area (Å²) in [6, 6.07) is 4.70. The van der Waals surface area contributed by atoms with E-state index >= 15 is 0 Å². The number of aliphatic hydroxyl groups is 1. The Bertz CT molecular complexity index is 586. The van der Waals surface area contributed by atoms with Crippen LogP contribution in [0.3, 0.4) is 0 Å². The van der Waals surface area contributed by atoms with Crippen LogP contribution in [0.15, 0.2) is 23.1 Å². The first kappa shape index (κ1) is 15.4. The Balaban J connectivity index is 2.38. The molecule has 0 spiro atoms. The predicted octanol–water partition coefficient (Wildman–Crippen LogP) is 0.845. The summed E-state index contributed by atoms with van der Waals surface area (Å²) in [4.78, 5) is 0.278. The Morgan fingerprint density at radius 2 is 2.15 bits per heavy atom. The number of aryl methyl sites for hydroxylation is 1. The summed E-state index contributed by atoms with van der Waals surface area (Å²) in [7, 11) is -3.55. The van der Waals surface area contributed by atoms with Gasteiger partial charge in [-0.05, 0) is 42.5 Å². The van der Waals surface area contributed by atoms with E-state index in [4.69, 9.17) is 5.73 Å². The molecule has 1 aromatic carbocycles. The first-order valence-electron chi connectivity index (χ1n) is 6.84. The Morgan fingerprint density at radius 3 is 2.70 bits per heavy atom. The van der Waals surface area contributed by atoms with Crippen molar-refractivity contribution in [3.05, 3.63) is 29.3 Å². The zero-order chi connectivity index (χ0) is 14.9. The second-order valence-corrected chi connectivity index (χ2v) is 7.31. The van der Waals surface area contributed by atoms with Crippen LogP contribution >= 0.6 is 0 Å². The van der Waals surface area contributed by atoms with Crippen LogP contribution in [0.4, 0.5) is 0 Å². The fourth-order valence-corrected chi connectivity index (χ4v) is 4.55. The van der Waals surface area contributed by atoms with E-state index < -0.39 is 10.0 Å². The van der Waals surface area contributed by atoms with E-state index in [2.05, 4.69) is 0 Å². The Kier molecular flexibility index (Phi) is 4.49. The van der Waals surface area contributed by atoms with Gasteiger partial charge in [-0.2, -0.15) is 4.31 Å². The number of benzene rings is 1. The van der Waals surface area contributed by atoms with Gasteiger partial charge in [-0.3, -0.25) is 0 Å². The van der Waals surface area contributed by atoms with Gasteiger partial charge >= 0.3 is 0 Å². The number of aliphatic hydroxyl groups excluding tert-OH is 1.